The fourth-order valence-corrected chi connectivity index (χ4v) is 5.19. The van der Waals surface area contributed by atoms with E-state index in [1.807, 2.05) is 18.2 Å². The van der Waals surface area contributed by atoms with E-state index >= 15 is 0 Å². The van der Waals surface area contributed by atoms with Gasteiger partial charge >= 0.3 is 0 Å². The second-order valence-corrected chi connectivity index (χ2v) is 9.33. The van der Waals surface area contributed by atoms with Crippen LogP contribution in [0.1, 0.15) is 43.2 Å². The maximum Gasteiger partial charge on any atom is 0.220 e. The van der Waals surface area contributed by atoms with E-state index in [2.05, 4.69) is 5.32 Å². The van der Waals surface area contributed by atoms with Gasteiger partial charge in [-0.1, -0.05) is 18.9 Å². The number of nitrogens with zero attached hydrogens (tertiary/aromatic N) is 1. The van der Waals surface area contributed by atoms with Crippen LogP contribution in [-0.4, -0.2) is 44.6 Å². The van der Waals surface area contributed by atoms with Crippen LogP contribution in [0.25, 0.3) is 0 Å². The number of methoxy groups -OCH3 is 1. The standard InChI is InChI=1S/C19H28N2O4S/c1-25-18-7-6-17-14-21(10-8-16(17)13-18)26(23,24)11-9-20-19(22)12-15-4-2-3-5-15/h6-7,13,15H,2-5,8-12,14H2,1H3,(H,20,22). The lowest BCUT2D eigenvalue weighted by molar-refractivity contribution is -0.121. The van der Waals surface area contributed by atoms with Gasteiger partial charge in [0.25, 0.3) is 0 Å². The molecule has 2 aliphatic rings. The van der Waals surface area contributed by atoms with Gasteiger partial charge in [-0.3, -0.25) is 4.79 Å². The molecule has 0 saturated heterocycles. The Hall–Kier alpha value is -1.60. The third-order valence-electron chi connectivity index (χ3n) is 5.42. The minimum atomic E-state index is -3.38. The molecule has 1 saturated carbocycles. The number of nitrogens with one attached hydrogen (secondary N) is 1. The number of benzene rings is 1. The van der Waals surface area contributed by atoms with E-state index in [1.165, 1.54) is 17.1 Å². The average Bonchev–Trinajstić information content (AvgIpc) is 3.13. The Kier molecular flexibility index (Phi) is 6.19. The van der Waals surface area contributed by atoms with Crippen molar-refractivity contribution in [1.82, 2.24) is 9.62 Å². The lowest BCUT2D eigenvalue weighted by Crippen LogP contribution is -2.40. The van der Waals surface area contributed by atoms with Crippen molar-refractivity contribution in [3.8, 4) is 5.75 Å². The number of ether oxygens (including phenoxy) is 1. The van der Waals surface area contributed by atoms with Gasteiger partial charge in [0, 0.05) is 26.1 Å². The first-order valence-electron chi connectivity index (χ1n) is 9.38. The highest BCUT2D eigenvalue weighted by Crippen LogP contribution is 2.27. The molecule has 1 aliphatic heterocycles. The highest BCUT2D eigenvalue weighted by Gasteiger charge is 2.27. The molecule has 144 valence electrons. The Bertz CT molecular complexity index is 742. The molecular weight excluding hydrogens is 352 g/mol. The Morgan fingerprint density at radius 1 is 1.27 bits per heavy atom. The van der Waals surface area contributed by atoms with Crippen molar-refractivity contribution in [3.63, 3.8) is 0 Å². The van der Waals surface area contributed by atoms with Crippen LogP contribution in [0, 0.1) is 5.92 Å². The molecule has 0 aromatic heterocycles. The van der Waals surface area contributed by atoms with Crippen LogP contribution in [0.4, 0.5) is 0 Å². The summed E-state index contributed by atoms with van der Waals surface area (Å²) in [5.41, 5.74) is 2.16. The number of sulfonamides is 1. The summed E-state index contributed by atoms with van der Waals surface area (Å²) in [4.78, 5) is 12.0. The largest absolute Gasteiger partial charge is 0.497 e. The summed E-state index contributed by atoms with van der Waals surface area (Å²) in [6.45, 7) is 1.04. The minimum absolute atomic E-state index is 0.0248. The molecule has 0 radical (unpaired) electrons. The van der Waals surface area contributed by atoms with Crippen molar-refractivity contribution in [3.05, 3.63) is 29.3 Å². The summed E-state index contributed by atoms with van der Waals surface area (Å²) < 4.78 is 31.9. The van der Waals surface area contributed by atoms with Crippen molar-refractivity contribution < 1.29 is 17.9 Å². The lowest BCUT2D eigenvalue weighted by Gasteiger charge is -2.28. The number of hydrogen-bond donors (Lipinski definition) is 1. The van der Waals surface area contributed by atoms with Gasteiger partial charge in [0.2, 0.25) is 15.9 Å². The van der Waals surface area contributed by atoms with E-state index < -0.39 is 10.0 Å². The number of fused-ring (bicyclic) bond motifs is 1. The fraction of sp³-hybridized carbons (Fsp3) is 0.632. The molecule has 26 heavy (non-hydrogen) atoms. The van der Waals surface area contributed by atoms with Gasteiger partial charge in [-0.15, -0.1) is 0 Å². The van der Waals surface area contributed by atoms with Crippen molar-refractivity contribution in [2.45, 2.75) is 45.1 Å². The Balaban J connectivity index is 1.49. The van der Waals surface area contributed by atoms with Crippen molar-refractivity contribution in [2.75, 3.05) is 26.0 Å². The van der Waals surface area contributed by atoms with Gasteiger partial charge in [0.05, 0.1) is 12.9 Å². The summed E-state index contributed by atoms with van der Waals surface area (Å²) in [5.74, 6) is 1.20. The number of carbonyl (C=O) groups excluding carboxylic acids is 1. The Labute approximate surface area is 156 Å². The fourth-order valence-electron chi connectivity index (χ4n) is 3.87. The molecule has 0 spiro atoms. The predicted molar refractivity (Wildman–Crippen MR) is 100 cm³/mol. The molecule has 1 aliphatic carbocycles. The lowest BCUT2D eigenvalue weighted by atomic mass is 10.0. The molecule has 3 rings (SSSR count). The van der Waals surface area contributed by atoms with Crippen molar-refractivity contribution in [1.29, 1.82) is 0 Å². The van der Waals surface area contributed by atoms with E-state index in [4.69, 9.17) is 4.74 Å². The van der Waals surface area contributed by atoms with Crippen molar-refractivity contribution in [2.24, 2.45) is 5.92 Å². The molecule has 0 unspecified atom stereocenters. The molecule has 7 heteroatoms. The van der Waals surface area contributed by atoms with E-state index in [0.717, 1.165) is 29.7 Å². The normalized spacial score (nSPS) is 18.5. The quantitative estimate of drug-likeness (QED) is 0.786. The zero-order valence-electron chi connectivity index (χ0n) is 15.4. The summed E-state index contributed by atoms with van der Waals surface area (Å²) in [6.07, 6.45) is 5.84. The first-order chi connectivity index (χ1) is 12.5. The molecular formula is C19H28N2O4S. The van der Waals surface area contributed by atoms with Gasteiger partial charge in [0.15, 0.2) is 0 Å². The first-order valence-corrected chi connectivity index (χ1v) is 11.0. The summed E-state index contributed by atoms with van der Waals surface area (Å²) in [6, 6.07) is 5.76. The van der Waals surface area contributed by atoms with Crippen LogP contribution >= 0.6 is 0 Å². The van der Waals surface area contributed by atoms with Gasteiger partial charge in [0.1, 0.15) is 5.75 Å². The summed E-state index contributed by atoms with van der Waals surface area (Å²) >= 11 is 0. The number of rotatable bonds is 7. The monoisotopic (exact) mass is 380 g/mol. The SMILES string of the molecule is COc1ccc2c(c1)CCN(S(=O)(=O)CCNC(=O)CC1CCCC1)C2. The Morgan fingerprint density at radius 2 is 2.04 bits per heavy atom. The van der Waals surface area contributed by atoms with E-state index in [-0.39, 0.29) is 18.2 Å². The highest BCUT2D eigenvalue weighted by atomic mass is 32.2. The molecule has 1 N–H and O–H groups in total. The Morgan fingerprint density at radius 3 is 2.77 bits per heavy atom. The van der Waals surface area contributed by atoms with Crippen LogP contribution in [0.3, 0.4) is 0 Å². The van der Waals surface area contributed by atoms with Gasteiger partial charge in [-0.2, -0.15) is 4.31 Å². The van der Waals surface area contributed by atoms with Crippen LogP contribution in [-0.2, 0) is 27.8 Å². The zero-order chi connectivity index (χ0) is 18.6. The van der Waals surface area contributed by atoms with Gasteiger partial charge < -0.3 is 10.1 Å². The van der Waals surface area contributed by atoms with Gasteiger partial charge in [-0.05, 0) is 48.4 Å². The average molecular weight is 381 g/mol. The third kappa shape index (κ3) is 4.76. The van der Waals surface area contributed by atoms with E-state index in [1.54, 1.807) is 7.11 Å². The van der Waals surface area contributed by atoms with Crippen LogP contribution < -0.4 is 10.1 Å². The number of carbonyl (C=O) groups is 1. The molecule has 1 aromatic carbocycles. The molecule has 1 aromatic rings. The minimum Gasteiger partial charge on any atom is -0.497 e. The molecule has 0 bridgehead atoms. The number of amides is 1. The van der Waals surface area contributed by atoms with E-state index in [0.29, 0.717) is 31.8 Å². The molecule has 6 nitrogen and oxygen atoms in total. The first kappa shape index (κ1) is 19.2. The second-order valence-electron chi connectivity index (χ2n) is 7.24. The topological polar surface area (TPSA) is 75.7 Å². The third-order valence-corrected chi connectivity index (χ3v) is 7.23. The maximum absolute atomic E-state index is 12.6. The van der Waals surface area contributed by atoms with Gasteiger partial charge in [-0.25, -0.2) is 8.42 Å². The van der Waals surface area contributed by atoms with Crippen molar-refractivity contribution >= 4 is 15.9 Å². The molecule has 0 atom stereocenters. The van der Waals surface area contributed by atoms with Crippen LogP contribution in [0.15, 0.2) is 18.2 Å². The maximum atomic E-state index is 12.6. The molecule has 1 heterocycles. The van der Waals surface area contributed by atoms with E-state index in [9.17, 15) is 13.2 Å². The molecule has 1 fully saturated rings. The molecule has 1 amide bonds. The van der Waals surface area contributed by atoms with Crippen LogP contribution in [0.5, 0.6) is 5.75 Å². The zero-order valence-corrected chi connectivity index (χ0v) is 16.2. The highest BCUT2D eigenvalue weighted by molar-refractivity contribution is 7.89. The summed E-state index contributed by atoms with van der Waals surface area (Å²) in [7, 11) is -1.75. The van der Waals surface area contributed by atoms with Crippen LogP contribution in [0.2, 0.25) is 0 Å². The number of hydrogen-bond acceptors (Lipinski definition) is 4. The summed E-state index contributed by atoms with van der Waals surface area (Å²) in [5, 5.41) is 2.78. The smallest absolute Gasteiger partial charge is 0.220 e. The second kappa shape index (κ2) is 8.39. The predicted octanol–water partition coefficient (Wildman–Crippen LogP) is 2.08.